The number of nitrogens with zero attached hydrogens (tertiary/aromatic N) is 1. The molecule has 1 aliphatic rings. The highest BCUT2D eigenvalue weighted by Crippen LogP contribution is 2.28. The zero-order valence-electron chi connectivity index (χ0n) is 16.5. The summed E-state index contributed by atoms with van der Waals surface area (Å²) in [6, 6.07) is 15.3. The van der Waals surface area contributed by atoms with Gasteiger partial charge in [-0.25, -0.2) is 0 Å². The van der Waals surface area contributed by atoms with Gasteiger partial charge in [-0.3, -0.25) is 0 Å². The highest BCUT2D eigenvalue weighted by atomic mass is 35.5. The topological polar surface area (TPSA) is 32.7 Å². The number of halogens is 2. The van der Waals surface area contributed by atoms with E-state index < -0.39 is 6.10 Å². The van der Waals surface area contributed by atoms with Crippen molar-refractivity contribution in [1.29, 1.82) is 0 Å². The van der Waals surface area contributed by atoms with Crippen LogP contribution in [-0.4, -0.2) is 42.4 Å². The Balaban J connectivity index is 1.65. The summed E-state index contributed by atoms with van der Waals surface area (Å²) in [4.78, 5) is 2.35. The van der Waals surface area contributed by atoms with Crippen LogP contribution in [0.3, 0.4) is 0 Å². The van der Waals surface area contributed by atoms with E-state index in [1.54, 1.807) is 0 Å². The average molecular weight is 422 g/mol. The molecule has 1 aliphatic heterocycles. The van der Waals surface area contributed by atoms with Gasteiger partial charge in [0.2, 0.25) is 0 Å². The van der Waals surface area contributed by atoms with Crippen LogP contribution in [0.1, 0.15) is 37.5 Å². The molecule has 0 amide bonds. The number of aliphatic hydroxyl groups excluding tert-OH is 1. The zero-order valence-corrected chi connectivity index (χ0v) is 18.0. The Morgan fingerprint density at radius 3 is 1.86 bits per heavy atom. The maximum atomic E-state index is 10.6. The minimum absolute atomic E-state index is 0.273. The highest BCUT2D eigenvalue weighted by molar-refractivity contribution is 6.30. The molecule has 1 fully saturated rings. The maximum Gasteiger partial charge on any atom is 0.108 e. The molecule has 0 saturated carbocycles. The molecule has 3 nitrogen and oxygen atoms in total. The van der Waals surface area contributed by atoms with E-state index in [4.69, 9.17) is 27.9 Å². The van der Waals surface area contributed by atoms with Gasteiger partial charge in [0.15, 0.2) is 0 Å². The average Bonchev–Trinajstić information content (AvgIpc) is 2.64. The van der Waals surface area contributed by atoms with Crippen molar-refractivity contribution in [2.45, 2.75) is 32.5 Å². The Morgan fingerprint density at radius 2 is 1.39 bits per heavy atom. The third-order valence-electron chi connectivity index (χ3n) is 5.21. The first kappa shape index (κ1) is 21.6. The number of hydrogen-bond acceptors (Lipinski definition) is 3. The Morgan fingerprint density at radius 1 is 0.929 bits per heavy atom. The molecule has 3 rings (SSSR count). The Hall–Kier alpha value is -1.10. The fraction of sp³-hybridized carbons (Fsp3) is 0.478. The SMILES string of the molecule is C[C@@H]1C[C@@H](C)CN(C[C@H](O)COC(c2ccc(Cl)cc2)c2ccc(Cl)cc2)C1. The van der Waals surface area contributed by atoms with Gasteiger partial charge in [-0.15, -0.1) is 0 Å². The lowest BCUT2D eigenvalue weighted by Gasteiger charge is -2.36. The molecular weight excluding hydrogens is 393 g/mol. The summed E-state index contributed by atoms with van der Waals surface area (Å²) in [6.45, 7) is 7.56. The van der Waals surface area contributed by atoms with Crippen molar-refractivity contribution in [2.75, 3.05) is 26.2 Å². The fourth-order valence-corrected chi connectivity index (χ4v) is 4.41. The fourth-order valence-electron chi connectivity index (χ4n) is 4.16. The van der Waals surface area contributed by atoms with Crippen LogP contribution in [0.25, 0.3) is 0 Å². The first-order valence-corrected chi connectivity index (χ1v) is 10.7. The normalized spacial score (nSPS) is 21.8. The molecule has 2 aromatic carbocycles. The quantitative estimate of drug-likeness (QED) is 0.645. The molecule has 5 heteroatoms. The van der Waals surface area contributed by atoms with Gasteiger partial charge in [0.25, 0.3) is 0 Å². The molecule has 0 bridgehead atoms. The van der Waals surface area contributed by atoms with E-state index in [1.165, 1.54) is 6.42 Å². The van der Waals surface area contributed by atoms with E-state index in [1.807, 2.05) is 48.5 Å². The predicted octanol–water partition coefficient (Wildman–Crippen LogP) is 5.44. The lowest BCUT2D eigenvalue weighted by molar-refractivity contribution is -0.0163. The highest BCUT2D eigenvalue weighted by Gasteiger charge is 2.24. The van der Waals surface area contributed by atoms with Crippen molar-refractivity contribution in [2.24, 2.45) is 11.8 Å². The van der Waals surface area contributed by atoms with E-state index in [9.17, 15) is 5.11 Å². The Labute approximate surface area is 178 Å². The van der Waals surface area contributed by atoms with E-state index in [0.29, 0.717) is 28.4 Å². The van der Waals surface area contributed by atoms with Gasteiger partial charge in [0.05, 0.1) is 12.7 Å². The van der Waals surface area contributed by atoms with Crippen LogP contribution in [0.15, 0.2) is 48.5 Å². The summed E-state index contributed by atoms with van der Waals surface area (Å²) in [5.74, 6) is 1.35. The van der Waals surface area contributed by atoms with Crippen molar-refractivity contribution in [3.8, 4) is 0 Å². The summed E-state index contributed by atoms with van der Waals surface area (Å²) in [5, 5.41) is 12.0. The molecule has 0 spiro atoms. The summed E-state index contributed by atoms with van der Waals surface area (Å²) in [7, 11) is 0. The van der Waals surface area contributed by atoms with Crippen LogP contribution >= 0.6 is 23.2 Å². The summed E-state index contributed by atoms with van der Waals surface area (Å²) >= 11 is 12.1. The third kappa shape index (κ3) is 6.20. The van der Waals surface area contributed by atoms with Crippen molar-refractivity contribution >= 4 is 23.2 Å². The second-order valence-electron chi connectivity index (χ2n) is 8.13. The van der Waals surface area contributed by atoms with Gasteiger partial charge >= 0.3 is 0 Å². The minimum Gasteiger partial charge on any atom is -0.389 e. The number of rotatable bonds is 7. The lowest BCUT2D eigenvalue weighted by Crippen LogP contribution is -2.43. The van der Waals surface area contributed by atoms with Crippen LogP contribution < -0.4 is 0 Å². The number of benzene rings is 2. The summed E-state index contributed by atoms with van der Waals surface area (Å²) in [5.41, 5.74) is 2.00. The standard InChI is InChI=1S/C23H29Cl2NO2/c1-16-11-17(2)13-26(12-16)14-22(27)15-28-23(18-3-7-20(24)8-4-18)19-5-9-21(25)10-6-19/h3-10,16-17,22-23,27H,11-15H2,1-2H3/t16-,17-,22+/m1/s1. The number of hydrogen-bond donors (Lipinski definition) is 1. The van der Waals surface area contributed by atoms with Crippen molar-refractivity contribution in [3.05, 3.63) is 69.7 Å². The molecule has 3 atom stereocenters. The van der Waals surface area contributed by atoms with Crippen LogP contribution in [-0.2, 0) is 4.74 Å². The van der Waals surface area contributed by atoms with Crippen molar-refractivity contribution in [1.82, 2.24) is 4.90 Å². The molecule has 0 aromatic heterocycles. The molecule has 152 valence electrons. The molecule has 2 aromatic rings. The van der Waals surface area contributed by atoms with Gasteiger partial charge in [0.1, 0.15) is 6.10 Å². The first-order valence-electron chi connectivity index (χ1n) is 9.93. The number of ether oxygens (including phenoxy) is 1. The molecule has 28 heavy (non-hydrogen) atoms. The van der Waals surface area contributed by atoms with Gasteiger partial charge < -0.3 is 14.7 Å². The number of piperidine rings is 1. The second kappa shape index (κ2) is 10.1. The summed E-state index contributed by atoms with van der Waals surface area (Å²) in [6.07, 6.45) is 0.459. The van der Waals surface area contributed by atoms with E-state index in [2.05, 4.69) is 18.7 Å². The molecular formula is C23H29Cl2NO2. The zero-order chi connectivity index (χ0) is 20.1. The van der Waals surface area contributed by atoms with Crippen LogP contribution in [0, 0.1) is 11.8 Å². The Kier molecular flexibility index (Phi) is 7.78. The molecule has 0 radical (unpaired) electrons. The van der Waals surface area contributed by atoms with Crippen LogP contribution in [0.5, 0.6) is 0 Å². The molecule has 0 unspecified atom stereocenters. The second-order valence-corrected chi connectivity index (χ2v) is 9.01. The van der Waals surface area contributed by atoms with Gasteiger partial charge in [-0.2, -0.15) is 0 Å². The van der Waals surface area contributed by atoms with Crippen LogP contribution in [0.4, 0.5) is 0 Å². The molecule has 1 N–H and O–H groups in total. The first-order chi connectivity index (χ1) is 13.4. The third-order valence-corrected chi connectivity index (χ3v) is 5.72. The molecule has 0 aliphatic carbocycles. The van der Waals surface area contributed by atoms with Crippen LogP contribution in [0.2, 0.25) is 10.0 Å². The van der Waals surface area contributed by atoms with E-state index in [-0.39, 0.29) is 12.7 Å². The predicted molar refractivity (Wildman–Crippen MR) is 116 cm³/mol. The van der Waals surface area contributed by atoms with Gasteiger partial charge in [-0.1, -0.05) is 61.3 Å². The van der Waals surface area contributed by atoms with E-state index in [0.717, 1.165) is 24.2 Å². The largest absolute Gasteiger partial charge is 0.389 e. The molecule has 1 heterocycles. The van der Waals surface area contributed by atoms with Crippen molar-refractivity contribution in [3.63, 3.8) is 0 Å². The van der Waals surface area contributed by atoms with Gasteiger partial charge in [0, 0.05) is 29.7 Å². The van der Waals surface area contributed by atoms with E-state index >= 15 is 0 Å². The minimum atomic E-state index is -0.528. The Bertz CT molecular complexity index is 680. The van der Waals surface area contributed by atoms with Crippen molar-refractivity contribution < 1.29 is 9.84 Å². The van der Waals surface area contributed by atoms with Gasteiger partial charge in [-0.05, 0) is 53.6 Å². The number of β-amino-alcohol motifs (C(OH)–C–C–N with tert-alkyl or cyclic N) is 1. The maximum absolute atomic E-state index is 10.6. The number of likely N-dealkylation sites (tertiary alicyclic amines) is 1. The smallest absolute Gasteiger partial charge is 0.108 e. The lowest BCUT2D eigenvalue weighted by atomic mass is 9.92. The molecule has 1 saturated heterocycles. The number of aliphatic hydroxyl groups is 1. The monoisotopic (exact) mass is 421 g/mol. The summed E-state index contributed by atoms with van der Waals surface area (Å²) < 4.78 is 6.19.